The van der Waals surface area contributed by atoms with Crippen LogP contribution in [0.5, 0.6) is 0 Å². The third-order valence-corrected chi connectivity index (χ3v) is 1.12. The topological polar surface area (TPSA) is 32.3 Å². The van der Waals surface area contributed by atoms with E-state index < -0.39 is 0 Å². The number of rotatable bonds is 6. The van der Waals surface area contributed by atoms with Gasteiger partial charge in [-0.25, -0.2) is 0 Å². The number of nitrogens with one attached hydrogen (secondary N) is 1. The van der Waals surface area contributed by atoms with Crippen molar-refractivity contribution in [1.82, 2.24) is 5.32 Å². The van der Waals surface area contributed by atoms with E-state index in [0.29, 0.717) is 6.61 Å². The summed E-state index contributed by atoms with van der Waals surface area (Å²) in [6.45, 7) is 4.81. The highest BCUT2D eigenvalue weighted by Crippen LogP contribution is 1.90. The van der Waals surface area contributed by atoms with Crippen molar-refractivity contribution in [3.05, 3.63) is 12.8 Å². The van der Waals surface area contributed by atoms with Crippen LogP contribution in [0.1, 0.15) is 19.3 Å². The molecular formula is C7H15NO. The van der Waals surface area contributed by atoms with Gasteiger partial charge in [0, 0.05) is 13.2 Å². The zero-order valence-corrected chi connectivity index (χ0v) is 5.77. The van der Waals surface area contributed by atoms with Crippen LogP contribution in [0.3, 0.4) is 0 Å². The molecule has 0 fully saturated rings. The van der Waals surface area contributed by atoms with Gasteiger partial charge in [-0.15, -0.1) is 0 Å². The molecule has 2 heteroatoms. The molecule has 0 aliphatic rings. The summed E-state index contributed by atoms with van der Waals surface area (Å²) >= 11 is 0. The maximum absolute atomic E-state index is 8.38. The van der Waals surface area contributed by atoms with Crippen LogP contribution in [-0.4, -0.2) is 18.3 Å². The standard InChI is InChI=1S/C7H15NO/c1-2-8-6-4-3-5-7-9/h2,8-9H,1,3-7H2. The first-order valence-electron chi connectivity index (χ1n) is 3.37. The van der Waals surface area contributed by atoms with Gasteiger partial charge in [-0.3, -0.25) is 0 Å². The average Bonchev–Trinajstić information content (AvgIpc) is 1.89. The molecule has 0 aromatic rings. The summed E-state index contributed by atoms with van der Waals surface area (Å²) in [6, 6.07) is 0. The lowest BCUT2D eigenvalue weighted by atomic mass is 10.2. The predicted octanol–water partition coefficient (Wildman–Crippen LogP) is 0.882. The van der Waals surface area contributed by atoms with Crippen LogP contribution < -0.4 is 5.32 Å². The minimum atomic E-state index is 0.314. The quantitative estimate of drug-likeness (QED) is 0.522. The second kappa shape index (κ2) is 7.50. The Balaban J connectivity index is 2.66. The number of aliphatic hydroxyl groups excluding tert-OH is 1. The molecule has 0 aromatic carbocycles. The highest BCUT2D eigenvalue weighted by atomic mass is 16.2. The molecule has 0 aliphatic carbocycles. The van der Waals surface area contributed by atoms with Gasteiger partial charge in [0.25, 0.3) is 0 Å². The molecule has 0 atom stereocenters. The molecular weight excluding hydrogens is 114 g/mol. The van der Waals surface area contributed by atoms with Gasteiger partial charge in [-0.1, -0.05) is 6.58 Å². The second-order valence-electron chi connectivity index (χ2n) is 1.94. The minimum Gasteiger partial charge on any atom is -0.396 e. The Kier molecular flexibility index (Phi) is 7.08. The zero-order chi connectivity index (χ0) is 6.95. The van der Waals surface area contributed by atoms with Gasteiger partial charge in [0.1, 0.15) is 0 Å². The van der Waals surface area contributed by atoms with Gasteiger partial charge in [0.2, 0.25) is 0 Å². The first kappa shape index (κ1) is 8.50. The maximum Gasteiger partial charge on any atom is 0.0431 e. The Labute approximate surface area is 56.6 Å². The lowest BCUT2D eigenvalue weighted by molar-refractivity contribution is 0.283. The number of aliphatic hydroxyl groups is 1. The summed E-state index contributed by atoms with van der Waals surface area (Å²) in [5, 5.41) is 11.4. The average molecular weight is 129 g/mol. The Bertz CT molecular complexity index is 63.9. The lowest BCUT2D eigenvalue weighted by Crippen LogP contribution is -2.05. The summed E-state index contributed by atoms with van der Waals surface area (Å²) in [7, 11) is 0. The molecule has 0 heterocycles. The van der Waals surface area contributed by atoms with Crippen molar-refractivity contribution in [3.63, 3.8) is 0 Å². The van der Waals surface area contributed by atoms with E-state index >= 15 is 0 Å². The fourth-order valence-electron chi connectivity index (χ4n) is 0.618. The molecule has 0 saturated carbocycles. The minimum absolute atomic E-state index is 0.314. The molecule has 0 spiro atoms. The molecule has 0 amide bonds. The lowest BCUT2D eigenvalue weighted by Gasteiger charge is -1.97. The normalized spacial score (nSPS) is 9.00. The van der Waals surface area contributed by atoms with E-state index in [2.05, 4.69) is 11.9 Å². The van der Waals surface area contributed by atoms with Crippen LogP contribution in [0.2, 0.25) is 0 Å². The smallest absolute Gasteiger partial charge is 0.0431 e. The molecule has 0 bridgehead atoms. The van der Waals surface area contributed by atoms with Crippen LogP contribution in [0, 0.1) is 0 Å². The monoisotopic (exact) mass is 129 g/mol. The molecule has 2 nitrogen and oxygen atoms in total. The van der Waals surface area contributed by atoms with E-state index in [0.717, 1.165) is 25.8 Å². The van der Waals surface area contributed by atoms with E-state index in [1.807, 2.05) is 0 Å². The summed E-state index contributed by atoms with van der Waals surface area (Å²) < 4.78 is 0. The maximum atomic E-state index is 8.38. The Hall–Kier alpha value is -0.500. The van der Waals surface area contributed by atoms with Gasteiger partial charge in [-0.05, 0) is 25.5 Å². The fourth-order valence-corrected chi connectivity index (χ4v) is 0.618. The highest BCUT2D eigenvalue weighted by Gasteiger charge is 1.83. The van der Waals surface area contributed by atoms with E-state index in [-0.39, 0.29) is 0 Å². The van der Waals surface area contributed by atoms with Crippen LogP contribution in [0.15, 0.2) is 12.8 Å². The van der Waals surface area contributed by atoms with E-state index in [1.54, 1.807) is 6.20 Å². The highest BCUT2D eigenvalue weighted by molar-refractivity contribution is 4.61. The summed E-state index contributed by atoms with van der Waals surface area (Å²) in [6.07, 6.45) is 4.82. The Morgan fingerprint density at radius 2 is 2.11 bits per heavy atom. The van der Waals surface area contributed by atoms with Crippen molar-refractivity contribution in [1.29, 1.82) is 0 Å². The van der Waals surface area contributed by atoms with Gasteiger partial charge in [0.15, 0.2) is 0 Å². The second-order valence-corrected chi connectivity index (χ2v) is 1.94. The Morgan fingerprint density at radius 1 is 1.33 bits per heavy atom. The molecule has 2 N–H and O–H groups in total. The number of hydrogen-bond donors (Lipinski definition) is 2. The van der Waals surface area contributed by atoms with Gasteiger partial charge in [-0.2, -0.15) is 0 Å². The van der Waals surface area contributed by atoms with Crippen molar-refractivity contribution in [2.24, 2.45) is 0 Å². The van der Waals surface area contributed by atoms with E-state index in [1.165, 1.54) is 0 Å². The predicted molar refractivity (Wildman–Crippen MR) is 39.1 cm³/mol. The fraction of sp³-hybridized carbons (Fsp3) is 0.714. The summed E-state index contributed by atoms with van der Waals surface area (Å²) in [4.78, 5) is 0. The first-order valence-corrected chi connectivity index (χ1v) is 3.37. The molecule has 0 aromatic heterocycles. The van der Waals surface area contributed by atoms with Crippen LogP contribution >= 0.6 is 0 Å². The molecule has 0 saturated heterocycles. The molecule has 54 valence electrons. The summed E-state index contributed by atoms with van der Waals surface area (Å²) in [5.41, 5.74) is 0. The Morgan fingerprint density at radius 3 is 2.67 bits per heavy atom. The molecule has 0 rings (SSSR count). The molecule has 9 heavy (non-hydrogen) atoms. The van der Waals surface area contributed by atoms with Gasteiger partial charge < -0.3 is 10.4 Å². The van der Waals surface area contributed by atoms with Crippen molar-refractivity contribution >= 4 is 0 Å². The van der Waals surface area contributed by atoms with Gasteiger partial charge in [0.05, 0.1) is 0 Å². The molecule has 0 radical (unpaired) electrons. The number of hydrogen-bond acceptors (Lipinski definition) is 2. The van der Waals surface area contributed by atoms with Crippen molar-refractivity contribution < 1.29 is 5.11 Å². The van der Waals surface area contributed by atoms with Crippen molar-refractivity contribution in [2.75, 3.05) is 13.2 Å². The largest absolute Gasteiger partial charge is 0.396 e. The zero-order valence-electron chi connectivity index (χ0n) is 5.77. The molecule has 0 unspecified atom stereocenters. The van der Waals surface area contributed by atoms with Gasteiger partial charge >= 0.3 is 0 Å². The van der Waals surface area contributed by atoms with E-state index in [4.69, 9.17) is 5.11 Å². The number of unbranched alkanes of at least 4 members (excludes halogenated alkanes) is 2. The van der Waals surface area contributed by atoms with E-state index in [9.17, 15) is 0 Å². The summed E-state index contributed by atoms with van der Waals surface area (Å²) in [5.74, 6) is 0. The van der Waals surface area contributed by atoms with Crippen LogP contribution in [-0.2, 0) is 0 Å². The third kappa shape index (κ3) is 7.50. The first-order chi connectivity index (χ1) is 4.41. The SMILES string of the molecule is C=CNCCCCCO. The van der Waals surface area contributed by atoms with Crippen molar-refractivity contribution in [2.45, 2.75) is 19.3 Å². The third-order valence-electron chi connectivity index (χ3n) is 1.12. The van der Waals surface area contributed by atoms with Crippen LogP contribution in [0.25, 0.3) is 0 Å². The molecule has 0 aliphatic heterocycles. The van der Waals surface area contributed by atoms with Crippen molar-refractivity contribution in [3.8, 4) is 0 Å². The van der Waals surface area contributed by atoms with Crippen LogP contribution in [0.4, 0.5) is 0 Å².